The lowest BCUT2D eigenvalue weighted by atomic mass is 9.81. The molecule has 2 atom stereocenters. The second kappa shape index (κ2) is 9.44. The minimum absolute atomic E-state index is 0.324. The Morgan fingerprint density at radius 2 is 2.00 bits per heavy atom. The third-order valence-electron chi connectivity index (χ3n) is 7.72. The van der Waals surface area contributed by atoms with Crippen LogP contribution in [0.1, 0.15) is 55.7 Å². The predicted octanol–water partition coefficient (Wildman–Crippen LogP) is 4.23. The minimum atomic E-state index is 0.324. The van der Waals surface area contributed by atoms with Crippen molar-refractivity contribution in [1.29, 1.82) is 5.26 Å². The lowest BCUT2D eigenvalue weighted by Gasteiger charge is -2.48. The number of fused-ring (bicyclic) bond motifs is 3. The molecule has 0 spiro atoms. The number of H-pyrrole nitrogens is 1. The van der Waals surface area contributed by atoms with Gasteiger partial charge in [-0.3, -0.25) is 10.00 Å². The van der Waals surface area contributed by atoms with Gasteiger partial charge in [0.1, 0.15) is 5.82 Å². The monoisotopic (exact) mass is 472 g/mol. The van der Waals surface area contributed by atoms with Crippen LogP contribution in [-0.2, 0) is 4.74 Å². The maximum absolute atomic E-state index is 9.07. The number of hydrogen-bond acceptors (Lipinski definition) is 8. The van der Waals surface area contributed by atoms with Crippen molar-refractivity contribution < 1.29 is 4.74 Å². The Kier molecular flexibility index (Phi) is 6.00. The van der Waals surface area contributed by atoms with Gasteiger partial charge in [-0.25, -0.2) is 4.98 Å². The number of benzene rings is 1. The summed E-state index contributed by atoms with van der Waals surface area (Å²) in [6, 6.07) is 12.1. The fourth-order valence-electron chi connectivity index (χ4n) is 5.92. The average molecular weight is 473 g/mol. The summed E-state index contributed by atoms with van der Waals surface area (Å²) in [7, 11) is 0. The first-order valence-electron chi connectivity index (χ1n) is 12.7. The van der Waals surface area contributed by atoms with Crippen LogP contribution in [0.4, 0.5) is 17.6 Å². The number of ether oxygens (including phenoxy) is 1. The Morgan fingerprint density at radius 3 is 2.69 bits per heavy atom. The molecule has 1 aromatic carbocycles. The molecule has 2 unspecified atom stereocenters. The van der Waals surface area contributed by atoms with Crippen LogP contribution in [0.5, 0.6) is 0 Å². The summed E-state index contributed by atoms with van der Waals surface area (Å²) >= 11 is 0. The topological polar surface area (TPSA) is 115 Å². The molecule has 2 aromatic heterocycles. The van der Waals surface area contributed by atoms with Gasteiger partial charge in [-0.15, -0.1) is 0 Å². The highest BCUT2D eigenvalue weighted by Gasteiger charge is 2.38. The molecule has 9 nitrogen and oxygen atoms in total. The number of rotatable bonds is 7. The first-order valence-corrected chi connectivity index (χ1v) is 12.7. The number of aromatic nitrogens is 4. The van der Waals surface area contributed by atoms with E-state index in [1.165, 1.54) is 24.8 Å². The van der Waals surface area contributed by atoms with Crippen LogP contribution in [0.25, 0.3) is 10.9 Å². The van der Waals surface area contributed by atoms with Gasteiger partial charge in [0, 0.05) is 54.2 Å². The van der Waals surface area contributed by atoms with Gasteiger partial charge in [-0.05, 0) is 50.3 Å². The van der Waals surface area contributed by atoms with Gasteiger partial charge >= 0.3 is 0 Å². The third-order valence-corrected chi connectivity index (χ3v) is 7.72. The van der Waals surface area contributed by atoms with Crippen molar-refractivity contribution >= 4 is 28.5 Å². The Labute approximate surface area is 205 Å². The number of anilines is 3. The van der Waals surface area contributed by atoms with E-state index >= 15 is 0 Å². The second-order valence-corrected chi connectivity index (χ2v) is 10.2. The summed E-state index contributed by atoms with van der Waals surface area (Å²) < 4.78 is 5.41. The van der Waals surface area contributed by atoms with Crippen molar-refractivity contribution in [3.8, 4) is 6.07 Å². The molecule has 3 aromatic rings. The van der Waals surface area contributed by atoms with Gasteiger partial charge in [0.05, 0.1) is 24.8 Å². The van der Waals surface area contributed by atoms with E-state index in [2.05, 4.69) is 50.0 Å². The summed E-state index contributed by atoms with van der Waals surface area (Å²) in [4.78, 5) is 12.4. The smallest absolute Gasteiger partial charge is 0.225 e. The number of nitrogens with zero attached hydrogens (tertiary/aromatic N) is 5. The SMILES string of the molecule is Cc1cc(Nc2nc(NC3CC4CCCC(C3)N4CCC#N)nc3cc(C4COC4)ccc23)n[nH]1. The zero-order valence-electron chi connectivity index (χ0n) is 20.1. The zero-order valence-corrected chi connectivity index (χ0v) is 20.1. The molecule has 0 aliphatic carbocycles. The standard InChI is InChI=1S/C26H32N8O/c1-16-10-24(33-32-16)30-25-22-7-6-17(18-14-35-15-18)11-23(22)29-26(31-25)28-19-12-20-4-2-5-21(13-19)34(20)9-3-8-27/h6-7,10-11,18-21H,2-5,9,12-15H2,1H3,(H3,28,29,30,31,32,33). The molecule has 3 N–H and O–H groups in total. The number of aryl methyl sites for hydroxylation is 1. The molecule has 3 fully saturated rings. The van der Waals surface area contributed by atoms with Crippen molar-refractivity contribution in [1.82, 2.24) is 25.1 Å². The van der Waals surface area contributed by atoms with Gasteiger partial charge in [0.25, 0.3) is 0 Å². The molecule has 35 heavy (non-hydrogen) atoms. The van der Waals surface area contributed by atoms with Crippen molar-refractivity contribution in [2.24, 2.45) is 0 Å². The van der Waals surface area contributed by atoms with Gasteiger partial charge in [-0.2, -0.15) is 15.3 Å². The van der Waals surface area contributed by atoms with E-state index in [0.717, 1.165) is 60.8 Å². The first-order chi connectivity index (χ1) is 17.2. The van der Waals surface area contributed by atoms with Crippen LogP contribution < -0.4 is 10.6 Å². The summed E-state index contributed by atoms with van der Waals surface area (Å²) in [6.07, 6.45) is 6.42. The molecular weight excluding hydrogens is 440 g/mol. The van der Waals surface area contributed by atoms with Gasteiger partial charge in [-0.1, -0.05) is 12.5 Å². The maximum Gasteiger partial charge on any atom is 0.225 e. The maximum atomic E-state index is 9.07. The van der Waals surface area contributed by atoms with Crippen LogP contribution in [0.3, 0.4) is 0 Å². The van der Waals surface area contributed by atoms with Crippen molar-refractivity contribution in [2.45, 2.75) is 69.5 Å². The van der Waals surface area contributed by atoms with E-state index in [0.29, 0.717) is 36.4 Å². The Morgan fingerprint density at radius 1 is 1.17 bits per heavy atom. The van der Waals surface area contributed by atoms with E-state index in [1.807, 2.05) is 13.0 Å². The molecule has 5 heterocycles. The second-order valence-electron chi connectivity index (χ2n) is 10.2. The highest BCUT2D eigenvalue weighted by Crippen LogP contribution is 2.36. The quantitative estimate of drug-likeness (QED) is 0.468. The van der Waals surface area contributed by atoms with Crippen LogP contribution in [0.2, 0.25) is 0 Å². The molecule has 0 amide bonds. The normalized spacial score (nSPS) is 24.6. The van der Waals surface area contributed by atoms with Gasteiger partial charge in [0.2, 0.25) is 5.95 Å². The van der Waals surface area contributed by atoms with E-state index in [-0.39, 0.29) is 0 Å². The van der Waals surface area contributed by atoms with Crippen LogP contribution in [-0.4, -0.2) is 62.9 Å². The van der Waals surface area contributed by atoms with E-state index < -0.39 is 0 Å². The molecule has 6 rings (SSSR count). The fourth-order valence-corrected chi connectivity index (χ4v) is 5.92. The zero-order chi connectivity index (χ0) is 23.8. The van der Waals surface area contributed by atoms with E-state index in [9.17, 15) is 0 Å². The molecule has 0 saturated carbocycles. The number of hydrogen-bond donors (Lipinski definition) is 3. The molecule has 3 saturated heterocycles. The molecule has 0 radical (unpaired) electrons. The lowest BCUT2D eigenvalue weighted by Crippen LogP contribution is -2.55. The number of aromatic amines is 1. The highest BCUT2D eigenvalue weighted by atomic mass is 16.5. The summed E-state index contributed by atoms with van der Waals surface area (Å²) in [5, 5.41) is 24.5. The van der Waals surface area contributed by atoms with Gasteiger partial charge in [0.15, 0.2) is 5.82 Å². The van der Waals surface area contributed by atoms with Crippen LogP contribution in [0.15, 0.2) is 24.3 Å². The summed E-state index contributed by atoms with van der Waals surface area (Å²) in [6.45, 7) is 4.41. The lowest BCUT2D eigenvalue weighted by molar-refractivity contribution is 0.00847. The van der Waals surface area contributed by atoms with Gasteiger partial charge < -0.3 is 15.4 Å². The molecule has 182 valence electrons. The van der Waals surface area contributed by atoms with Crippen LogP contribution in [0, 0.1) is 18.3 Å². The summed E-state index contributed by atoms with van der Waals surface area (Å²) in [5.74, 6) is 2.59. The van der Waals surface area contributed by atoms with Crippen molar-refractivity contribution in [3.63, 3.8) is 0 Å². The Bertz CT molecular complexity index is 1230. The molecule has 9 heteroatoms. The average Bonchev–Trinajstić information content (AvgIpc) is 3.20. The number of nitrogens with one attached hydrogen (secondary N) is 3. The first kappa shape index (κ1) is 22.3. The fraction of sp³-hybridized carbons (Fsp3) is 0.538. The Hall–Kier alpha value is -3.22. The highest BCUT2D eigenvalue weighted by molar-refractivity contribution is 5.92. The molecule has 2 bridgehead atoms. The van der Waals surface area contributed by atoms with E-state index in [1.54, 1.807) is 0 Å². The van der Waals surface area contributed by atoms with Crippen molar-refractivity contribution in [2.75, 3.05) is 30.4 Å². The van der Waals surface area contributed by atoms with Crippen molar-refractivity contribution in [3.05, 3.63) is 35.5 Å². The number of nitriles is 1. The predicted molar refractivity (Wildman–Crippen MR) is 135 cm³/mol. The third kappa shape index (κ3) is 4.56. The molecular formula is C26H32N8O. The number of piperidine rings is 2. The largest absolute Gasteiger partial charge is 0.380 e. The summed E-state index contributed by atoms with van der Waals surface area (Å²) in [5.41, 5.74) is 3.18. The Balaban J connectivity index is 1.28. The van der Waals surface area contributed by atoms with Crippen LogP contribution >= 0.6 is 0 Å². The minimum Gasteiger partial charge on any atom is -0.380 e. The molecule has 3 aliphatic rings. The molecule has 3 aliphatic heterocycles. The van der Waals surface area contributed by atoms with E-state index in [4.69, 9.17) is 20.0 Å².